The van der Waals surface area contributed by atoms with Gasteiger partial charge in [0.05, 0.1) is 12.5 Å². The molecular weight excluding hydrogens is 400 g/mol. The number of anilines is 1. The fourth-order valence-electron chi connectivity index (χ4n) is 4.41. The van der Waals surface area contributed by atoms with Crippen molar-refractivity contribution in [3.05, 3.63) is 18.2 Å². The van der Waals surface area contributed by atoms with Gasteiger partial charge in [-0.3, -0.25) is 19.3 Å². The highest BCUT2D eigenvalue weighted by Gasteiger charge is 2.38. The second kappa shape index (κ2) is 8.37. The van der Waals surface area contributed by atoms with Gasteiger partial charge in [-0.2, -0.15) is 0 Å². The molecule has 3 fully saturated rings. The fourth-order valence-corrected chi connectivity index (χ4v) is 4.41. The van der Waals surface area contributed by atoms with Gasteiger partial charge in [-0.1, -0.05) is 0 Å². The number of hydrogen-bond acceptors (Lipinski definition) is 6. The highest BCUT2D eigenvalue weighted by atomic mass is 16.6. The van der Waals surface area contributed by atoms with E-state index in [2.05, 4.69) is 10.2 Å². The van der Waals surface area contributed by atoms with Gasteiger partial charge in [0.25, 0.3) is 0 Å². The number of fused-ring (bicyclic) bond motifs is 1. The summed E-state index contributed by atoms with van der Waals surface area (Å²) >= 11 is 0. The summed E-state index contributed by atoms with van der Waals surface area (Å²) in [5.74, 6) is 1.01. The Bertz CT molecular complexity index is 879. The first-order valence-electron chi connectivity index (χ1n) is 11.1. The van der Waals surface area contributed by atoms with Crippen LogP contribution in [0.1, 0.15) is 19.3 Å². The normalized spacial score (nSPS) is 23.7. The van der Waals surface area contributed by atoms with E-state index in [0.717, 1.165) is 18.5 Å². The quantitative estimate of drug-likeness (QED) is 0.722. The van der Waals surface area contributed by atoms with Gasteiger partial charge >= 0.3 is 0 Å². The van der Waals surface area contributed by atoms with Gasteiger partial charge < -0.3 is 24.6 Å². The van der Waals surface area contributed by atoms with Gasteiger partial charge in [0.2, 0.25) is 17.7 Å². The number of nitrogens with one attached hydrogen (secondary N) is 1. The molecule has 0 unspecified atom stereocenters. The molecule has 166 valence electrons. The molecule has 0 radical (unpaired) electrons. The first-order chi connectivity index (χ1) is 15.1. The molecule has 5 rings (SSSR count). The summed E-state index contributed by atoms with van der Waals surface area (Å²) in [6.07, 6.45) is 2.38. The van der Waals surface area contributed by atoms with E-state index in [-0.39, 0.29) is 30.1 Å². The van der Waals surface area contributed by atoms with Gasteiger partial charge in [-0.15, -0.1) is 0 Å². The topological polar surface area (TPSA) is 91.4 Å². The summed E-state index contributed by atoms with van der Waals surface area (Å²) in [6.45, 7) is 4.30. The highest BCUT2D eigenvalue weighted by Crippen LogP contribution is 2.36. The van der Waals surface area contributed by atoms with Crippen LogP contribution < -0.4 is 19.7 Å². The van der Waals surface area contributed by atoms with Crippen LogP contribution in [0.5, 0.6) is 11.5 Å². The minimum Gasteiger partial charge on any atom is -0.486 e. The molecule has 3 aliphatic heterocycles. The number of carbonyl (C=O) groups excluding carboxylic acids is 3. The van der Waals surface area contributed by atoms with Crippen LogP contribution in [0, 0.1) is 5.92 Å². The number of hydrogen-bond donors (Lipinski definition) is 1. The predicted octanol–water partition coefficient (Wildman–Crippen LogP) is 0.234. The van der Waals surface area contributed by atoms with Crippen LogP contribution in [-0.4, -0.2) is 86.0 Å². The Balaban J connectivity index is 1.15. The molecule has 0 spiro atoms. The largest absolute Gasteiger partial charge is 0.486 e. The maximum absolute atomic E-state index is 13.0. The van der Waals surface area contributed by atoms with E-state index in [1.165, 1.54) is 0 Å². The molecule has 3 amide bonds. The van der Waals surface area contributed by atoms with Crippen molar-refractivity contribution in [2.24, 2.45) is 5.92 Å². The lowest BCUT2D eigenvalue weighted by molar-refractivity contribution is -0.137. The Morgan fingerprint density at radius 3 is 2.52 bits per heavy atom. The molecule has 3 heterocycles. The second-order valence-corrected chi connectivity index (χ2v) is 8.68. The Morgan fingerprint density at radius 1 is 1.03 bits per heavy atom. The van der Waals surface area contributed by atoms with Crippen molar-refractivity contribution >= 4 is 23.4 Å². The lowest BCUT2D eigenvalue weighted by atomic mass is 10.1. The molecule has 1 aromatic carbocycles. The molecule has 1 aromatic rings. The maximum atomic E-state index is 13.0. The number of amides is 3. The lowest BCUT2D eigenvalue weighted by Crippen LogP contribution is -2.52. The SMILES string of the molecule is O=C(CN1CCN(C(=O)[C@H]2CC(=O)N(c3ccc4c(c3)OCCO4)C2)CC1)NC1CC1. The molecule has 9 heteroatoms. The predicted molar refractivity (Wildman–Crippen MR) is 112 cm³/mol. The van der Waals surface area contributed by atoms with Crippen molar-refractivity contribution < 1.29 is 23.9 Å². The fraction of sp³-hybridized carbons (Fsp3) is 0.591. The molecule has 1 saturated carbocycles. The van der Waals surface area contributed by atoms with Crippen LogP contribution in [-0.2, 0) is 14.4 Å². The third-order valence-corrected chi connectivity index (χ3v) is 6.31. The summed E-state index contributed by atoms with van der Waals surface area (Å²) in [6, 6.07) is 5.83. The first kappa shape index (κ1) is 20.1. The zero-order chi connectivity index (χ0) is 21.4. The minimum atomic E-state index is -0.342. The molecular formula is C22H28N4O5. The van der Waals surface area contributed by atoms with E-state index in [4.69, 9.17) is 9.47 Å². The van der Waals surface area contributed by atoms with E-state index in [9.17, 15) is 14.4 Å². The van der Waals surface area contributed by atoms with Crippen LogP contribution in [0.4, 0.5) is 5.69 Å². The number of nitrogens with zero attached hydrogens (tertiary/aromatic N) is 3. The number of carbonyl (C=O) groups is 3. The van der Waals surface area contributed by atoms with Crippen LogP contribution in [0.2, 0.25) is 0 Å². The summed E-state index contributed by atoms with van der Waals surface area (Å²) < 4.78 is 11.2. The summed E-state index contributed by atoms with van der Waals surface area (Å²) in [5.41, 5.74) is 0.732. The van der Waals surface area contributed by atoms with E-state index in [1.807, 2.05) is 23.1 Å². The smallest absolute Gasteiger partial charge is 0.234 e. The van der Waals surface area contributed by atoms with Crippen molar-refractivity contribution in [1.29, 1.82) is 0 Å². The van der Waals surface area contributed by atoms with Crippen molar-refractivity contribution in [2.75, 3.05) is 57.4 Å². The van der Waals surface area contributed by atoms with Gasteiger partial charge in [0, 0.05) is 56.9 Å². The van der Waals surface area contributed by atoms with Crippen molar-refractivity contribution in [1.82, 2.24) is 15.1 Å². The first-order valence-corrected chi connectivity index (χ1v) is 11.1. The number of piperazine rings is 1. The number of rotatable bonds is 5. The Hall–Kier alpha value is -2.81. The van der Waals surface area contributed by atoms with Gasteiger partial charge in [-0.25, -0.2) is 0 Å². The monoisotopic (exact) mass is 428 g/mol. The van der Waals surface area contributed by atoms with Crippen molar-refractivity contribution in [2.45, 2.75) is 25.3 Å². The zero-order valence-corrected chi connectivity index (χ0v) is 17.5. The molecule has 1 N–H and O–H groups in total. The minimum absolute atomic E-state index is 0.0236. The third kappa shape index (κ3) is 4.46. The molecule has 1 atom stereocenters. The lowest BCUT2D eigenvalue weighted by Gasteiger charge is -2.35. The van der Waals surface area contributed by atoms with Crippen LogP contribution in [0.15, 0.2) is 18.2 Å². The Kier molecular flexibility index (Phi) is 5.43. The van der Waals surface area contributed by atoms with E-state index < -0.39 is 0 Å². The number of ether oxygens (including phenoxy) is 2. The number of benzene rings is 1. The van der Waals surface area contributed by atoms with Gasteiger partial charge in [0.1, 0.15) is 13.2 Å². The average molecular weight is 428 g/mol. The Morgan fingerprint density at radius 2 is 1.77 bits per heavy atom. The van der Waals surface area contributed by atoms with Gasteiger partial charge in [0.15, 0.2) is 11.5 Å². The van der Waals surface area contributed by atoms with Gasteiger partial charge in [-0.05, 0) is 25.0 Å². The highest BCUT2D eigenvalue weighted by molar-refractivity contribution is 6.00. The molecule has 1 aliphatic carbocycles. The molecule has 0 aromatic heterocycles. The van der Waals surface area contributed by atoms with E-state index in [1.54, 1.807) is 4.90 Å². The molecule has 0 bridgehead atoms. The van der Waals surface area contributed by atoms with E-state index in [0.29, 0.717) is 70.0 Å². The second-order valence-electron chi connectivity index (χ2n) is 8.68. The average Bonchev–Trinajstić information content (AvgIpc) is 3.51. The summed E-state index contributed by atoms with van der Waals surface area (Å²) in [4.78, 5) is 43.3. The zero-order valence-electron chi connectivity index (χ0n) is 17.5. The van der Waals surface area contributed by atoms with Crippen molar-refractivity contribution in [3.8, 4) is 11.5 Å². The summed E-state index contributed by atoms with van der Waals surface area (Å²) in [5, 5.41) is 3.00. The molecule has 2 saturated heterocycles. The third-order valence-electron chi connectivity index (χ3n) is 6.31. The maximum Gasteiger partial charge on any atom is 0.234 e. The summed E-state index contributed by atoms with van der Waals surface area (Å²) in [7, 11) is 0. The molecule has 9 nitrogen and oxygen atoms in total. The van der Waals surface area contributed by atoms with Crippen LogP contribution in [0.3, 0.4) is 0 Å². The molecule has 31 heavy (non-hydrogen) atoms. The standard InChI is InChI=1S/C22H28N4O5/c27-20(23-16-1-2-16)14-24-5-7-25(8-6-24)22(29)15-11-21(28)26(13-15)17-3-4-18-19(12-17)31-10-9-30-18/h3-4,12,15-16H,1-2,5-11,13-14H2,(H,23,27)/t15-/m0/s1. The van der Waals surface area contributed by atoms with Crippen LogP contribution >= 0.6 is 0 Å². The van der Waals surface area contributed by atoms with Crippen LogP contribution in [0.25, 0.3) is 0 Å². The van der Waals surface area contributed by atoms with E-state index >= 15 is 0 Å². The Labute approximate surface area is 181 Å². The molecule has 4 aliphatic rings. The van der Waals surface area contributed by atoms with Crippen molar-refractivity contribution in [3.63, 3.8) is 0 Å².